The second-order valence-corrected chi connectivity index (χ2v) is 33.8. The van der Waals surface area contributed by atoms with Crippen molar-refractivity contribution in [3.8, 4) is 0 Å². The lowest BCUT2D eigenvalue weighted by Gasteiger charge is -2.50. The molecule has 18 nitrogen and oxygen atoms in total. The van der Waals surface area contributed by atoms with Crippen molar-refractivity contribution in [2.45, 2.75) is 271 Å². The van der Waals surface area contributed by atoms with Gasteiger partial charge in [0.05, 0.1) is 47.6 Å². The highest BCUT2D eigenvalue weighted by molar-refractivity contribution is 5.92. The Morgan fingerprint density at radius 3 is 1.13 bits per heavy atom. The zero-order chi connectivity index (χ0) is 81.7. The molecule has 18 heteroatoms. The fourth-order valence-corrected chi connectivity index (χ4v) is 15.5. The SMILES string of the molecule is CC(C)CCCC(C)CCCC(C)CCCC(C)CCOCC(CO[C@@H]1OC(COC(=O)c2ccccc2)[C@@H](O[C@@H]2OC3COC(c4ccccc4)O[C@@H]3C(OC(=O)c3ccccc3)C2OC(=O)c2ccccc2)C(OC(=O)c2ccccc2)C1OC(=O)c1ccccc1)OCCC(C)CCCC(C)CCCC(C)CCCC(C)C. The van der Waals surface area contributed by atoms with Crippen LogP contribution in [-0.4, -0.2) is 137 Å². The Balaban J connectivity index is 1.02. The van der Waals surface area contributed by atoms with Crippen molar-refractivity contribution in [3.05, 3.63) is 215 Å². The fraction of sp³-hybridized carbons (Fsp3) is 0.577. The number of rotatable bonds is 50. The van der Waals surface area contributed by atoms with Crippen molar-refractivity contribution < 1.29 is 85.6 Å². The minimum Gasteiger partial charge on any atom is -0.459 e. The highest BCUT2D eigenvalue weighted by Gasteiger charge is 2.59. The summed E-state index contributed by atoms with van der Waals surface area (Å²) in [7, 11) is 0. The van der Waals surface area contributed by atoms with Crippen molar-refractivity contribution >= 4 is 29.8 Å². The van der Waals surface area contributed by atoms with Gasteiger partial charge in [-0.3, -0.25) is 0 Å². The first-order valence-corrected chi connectivity index (χ1v) is 43.1. The normalized spacial score (nSPS) is 22.7. The van der Waals surface area contributed by atoms with E-state index in [9.17, 15) is 19.2 Å². The molecular formula is C97H132O18. The monoisotopic (exact) mass is 1580 g/mol. The number of carbonyl (C=O) groups is 5. The van der Waals surface area contributed by atoms with E-state index in [1.807, 2.05) is 30.3 Å². The minimum atomic E-state index is -1.80. The number of benzene rings is 6. The van der Waals surface area contributed by atoms with Gasteiger partial charge in [-0.15, -0.1) is 0 Å². The van der Waals surface area contributed by atoms with Crippen LogP contribution in [0.5, 0.6) is 0 Å². The lowest BCUT2D eigenvalue weighted by molar-refractivity contribution is -0.384. The molecule has 0 bridgehead atoms. The van der Waals surface area contributed by atoms with E-state index < -0.39 is 110 Å². The van der Waals surface area contributed by atoms with Gasteiger partial charge in [-0.2, -0.15) is 0 Å². The lowest BCUT2D eigenvalue weighted by Crippen LogP contribution is -2.68. The number of fused-ring (bicyclic) bond motifs is 1. The Morgan fingerprint density at radius 2 is 0.713 bits per heavy atom. The molecule has 3 aliphatic rings. The van der Waals surface area contributed by atoms with Gasteiger partial charge in [0.15, 0.2) is 43.3 Å². The fourth-order valence-electron chi connectivity index (χ4n) is 15.5. The van der Waals surface area contributed by atoms with Gasteiger partial charge in [0, 0.05) is 18.8 Å². The van der Waals surface area contributed by atoms with E-state index in [4.69, 9.17) is 61.6 Å². The molecule has 3 aliphatic heterocycles. The van der Waals surface area contributed by atoms with Gasteiger partial charge in [0.1, 0.15) is 37.1 Å². The number of hydrogen-bond donors (Lipinski definition) is 0. The molecule has 3 fully saturated rings. The zero-order valence-corrected chi connectivity index (χ0v) is 70.1. The van der Waals surface area contributed by atoms with E-state index in [2.05, 4.69) is 69.2 Å². The average molecular weight is 1590 g/mol. The molecular weight excluding hydrogens is 1450 g/mol. The predicted molar refractivity (Wildman–Crippen MR) is 445 cm³/mol. The first-order chi connectivity index (χ1) is 55.7. The molecule has 6 aromatic rings. The maximum atomic E-state index is 15.1. The Hall–Kier alpha value is -7.65. The molecule has 0 saturated carbocycles. The van der Waals surface area contributed by atoms with Crippen LogP contribution in [0, 0.1) is 47.3 Å². The minimum absolute atomic E-state index is 0.114. The van der Waals surface area contributed by atoms with Gasteiger partial charge in [0.2, 0.25) is 0 Å². The molecule has 0 aliphatic carbocycles. The second kappa shape index (κ2) is 49.5. The number of hydrogen-bond acceptors (Lipinski definition) is 18. The van der Waals surface area contributed by atoms with Gasteiger partial charge >= 0.3 is 29.8 Å². The van der Waals surface area contributed by atoms with Crippen molar-refractivity contribution in [1.29, 1.82) is 0 Å². The van der Waals surface area contributed by atoms with Gasteiger partial charge in [-0.1, -0.05) is 306 Å². The standard InChI is InChI=1S/C97H132O18/c1-67(2)35-29-37-69(5)39-31-41-71(7)43-33-45-73(9)59-61-103-63-81(104-62-60-74(10)46-34-44-72(8)42-32-40-70(6)38-30-36-68(3)4)64-106-96-88(112-93(101)78-53-23-14-24-54-78)86(110-91(99)76-49-19-12-20-50-76)85(82(108-96)65-105-90(98)75-47-17-11-18-48-75)115-97-89(113-94(102)79-55-25-15-26-56-79)87(111-92(100)77-51-21-13-22-52-77)84-83(109-97)66-107-95(114-84)80-57-27-16-28-58-80/h11-28,47-58,67-74,81-89,95-97H,29-46,59-66H2,1-10H3/t69?,70?,71?,72?,73?,74?,81?,82?,83?,84-,85+,86?,87?,88?,89?,95?,96+,97-/m0/s1. The maximum Gasteiger partial charge on any atom is 0.338 e. The summed E-state index contributed by atoms with van der Waals surface area (Å²) in [6, 6.07) is 50.6. The van der Waals surface area contributed by atoms with E-state index in [-0.39, 0.29) is 47.6 Å². The molecule has 3 heterocycles. The van der Waals surface area contributed by atoms with Crippen LogP contribution in [0.25, 0.3) is 0 Å². The molecule has 0 aromatic heterocycles. The number of carbonyl (C=O) groups excluding carboxylic acids is 5. The molecule has 0 radical (unpaired) electrons. The van der Waals surface area contributed by atoms with E-state index in [0.29, 0.717) is 42.4 Å². The lowest BCUT2D eigenvalue weighted by atomic mass is 9.91. The smallest absolute Gasteiger partial charge is 0.338 e. The third-order valence-electron chi connectivity index (χ3n) is 22.6. The highest BCUT2D eigenvalue weighted by Crippen LogP contribution is 2.41. The summed E-state index contributed by atoms with van der Waals surface area (Å²) in [5, 5.41) is 0. The number of ether oxygens (including phenoxy) is 13. The average Bonchev–Trinajstić information content (AvgIpc) is 0.754. The summed E-state index contributed by atoms with van der Waals surface area (Å²) < 4.78 is 87.5. The van der Waals surface area contributed by atoms with Crippen molar-refractivity contribution in [3.63, 3.8) is 0 Å². The molecule has 9 rings (SSSR count). The largest absolute Gasteiger partial charge is 0.459 e. The second-order valence-electron chi connectivity index (χ2n) is 33.8. The molecule has 18 atom stereocenters. The summed E-state index contributed by atoms with van der Waals surface area (Å²) in [4.78, 5) is 74.0. The predicted octanol–water partition coefficient (Wildman–Crippen LogP) is 21.0. The molecule has 115 heavy (non-hydrogen) atoms. The van der Waals surface area contributed by atoms with Crippen LogP contribution in [-0.2, 0) is 61.6 Å². The van der Waals surface area contributed by atoms with Gasteiger partial charge in [-0.25, -0.2) is 24.0 Å². The summed E-state index contributed by atoms with van der Waals surface area (Å²) in [6.45, 7) is 23.5. The molecule has 14 unspecified atom stereocenters. The van der Waals surface area contributed by atoms with Crippen LogP contribution in [0.2, 0.25) is 0 Å². The maximum absolute atomic E-state index is 15.1. The number of esters is 5. The summed E-state index contributed by atoms with van der Waals surface area (Å²) in [5.74, 6) is 1.03. The van der Waals surface area contributed by atoms with E-state index >= 15 is 4.79 Å². The topological polar surface area (TPSA) is 205 Å². The third-order valence-corrected chi connectivity index (χ3v) is 22.6. The summed E-state index contributed by atoms with van der Waals surface area (Å²) in [5.41, 5.74) is 1.42. The highest BCUT2D eigenvalue weighted by atomic mass is 16.8. The van der Waals surface area contributed by atoms with E-state index in [0.717, 1.165) is 62.2 Å². The Kier molecular flexibility index (Phi) is 39.3. The van der Waals surface area contributed by atoms with Crippen LogP contribution < -0.4 is 0 Å². The zero-order valence-electron chi connectivity index (χ0n) is 70.1. The van der Waals surface area contributed by atoms with E-state index in [1.165, 1.54) is 89.9 Å². The molecule has 628 valence electrons. The molecule has 3 saturated heterocycles. The summed E-state index contributed by atoms with van der Waals surface area (Å²) in [6.07, 6.45) is 6.54. The van der Waals surface area contributed by atoms with Crippen molar-refractivity contribution in [1.82, 2.24) is 0 Å². The van der Waals surface area contributed by atoms with Crippen LogP contribution >= 0.6 is 0 Å². The van der Waals surface area contributed by atoms with Crippen LogP contribution in [0.3, 0.4) is 0 Å². The van der Waals surface area contributed by atoms with E-state index in [1.54, 1.807) is 152 Å². The first-order valence-electron chi connectivity index (χ1n) is 43.1. The first kappa shape index (κ1) is 91.3. The van der Waals surface area contributed by atoms with Gasteiger partial charge in [-0.05, 0) is 121 Å². The van der Waals surface area contributed by atoms with Crippen molar-refractivity contribution in [2.24, 2.45) is 47.3 Å². The molecule has 6 aromatic carbocycles. The Morgan fingerprint density at radius 1 is 0.357 bits per heavy atom. The van der Waals surface area contributed by atoms with Crippen molar-refractivity contribution in [2.75, 3.05) is 39.6 Å². The van der Waals surface area contributed by atoms with Gasteiger partial charge in [0.25, 0.3) is 0 Å². The third kappa shape index (κ3) is 31.3. The Labute approximate surface area is 685 Å². The summed E-state index contributed by atoms with van der Waals surface area (Å²) >= 11 is 0. The molecule has 0 spiro atoms. The molecule has 0 amide bonds. The van der Waals surface area contributed by atoms with Crippen LogP contribution in [0.15, 0.2) is 182 Å². The van der Waals surface area contributed by atoms with Crippen LogP contribution in [0.4, 0.5) is 0 Å². The quantitative estimate of drug-likeness (QED) is 0.0198. The van der Waals surface area contributed by atoms with Gasteiger partial charge < -0.3 is 61.6 Å². The van der Waals surface area contributed by atoms with Crippen LogP contribution in [0.1, 0.15) is 261 Å². The Bertz CT molecular complexity index is 3700. The molecule has 0 N–H and O–H groups in total.